The van der Waals surface area contributed by atoms with Crippen LogP contribution >= 0.6 is 0 Å². The van der Waals surface area contributed by atoms with Crippen LogP contribution in [0.15, 0.2) is 67.0 Å². The second kappa shape index (κ2) is 10.1. The Bertz CT molecular complexity index is 956. The van der Waals surface area contributed by atoms with Crippen molar-refractivity contribution < 1.29 is 14.5 Å². The van der Waals surface area contributed by atoms with Gasteiger partial charge in [0.1, 0.15) is 12.4 Å². The molecule has 29 heavy (non-hydrogen) atoms. The van der Waals surface area contributed by atoms with Crippen molar-refractivity contribution in [3.8, 4) is 0 Å². The fourth-order valence-corrected chi connectivity index (χ4v) is 2.79. The zero-order valence-electron chi connectivity index (χ0n) is 15.9. The molecule has 2 aromatic carbocycles. The monoisotopic (exact) mass is 394 g/mol. The van der Waals surface area contributed by atoms with Gasteiger partial charge in [0, 0.05) is 19.5 Å². The third-order valence-electron chi connectivity index (χ3n) is 4.36. The van der Waals surface area contributed by atoms with Gasteiger partial charge in [0.05, 0.1) is 18.1 Å². The maximum atomic E-state index is 12.1. The Balaban J connectivity index is 1.45. The van der Waals surface area contributed by atoms with Crippen molar-refractivity contribution in [2.75, 3.05) is 0 Å². The number of rotatable bonds is 10. The third-order valence-corrected chi connectivity index (χ3v) is 4.36. The Hall–Kier alpha value is -3.52. The van der Waals surface area contributed by atoms with Crippen LogP contribution < -0.4 is 5.32 Å². The maximum absolute atomic E-state index is 12.1. The lowest BCUT2D eigenvalue weighted by atomic mass is 10.1. The minimum absolute atomic E-state index is 0.0881. The molecule has 0 saturated carbocycles. The minimum Gasteiger partial charge on any atom is -0.372 e. The molecule has 1 amide bonds. The summed E-state index contributed by atoms with van der Waals surface area (Å²) >= 11 is 0. The number of ether oxygens (including phenoxy) is 1. The predicted molar refractivity (Wildman–Crippen MR) is 107 cm³/mol. The molecule has 0 atom stereocenters. The van der Waals surface area contributed by atoms with Gasteiger partial charge in [0.15, 0.2) is 0 Å². The average Bonchev–Trinajstić information content (AvgIpc) is 3.22. The molecule has 0 aliphatic carbocycles. The number of aromatic nitrogens is 2. The molecule has 8 nitrogen and oxygen atoms in total. The molecule has 0 aliphatic heterocycles. The normalized spacial score (nSPS) is 10.6. The molecule has 0 unspecified atom stereocenters. The van der Waals surface area contributed by atoms with Crippen LogP contribution in [-0.2, 0) is 35.8 Å². The first-order valence-electron chi connectivity index (χ1n) is 9.24. The lowest BCUT2D eigenvalue weighted by Crippen LogP contribution is -2.24. The van der Waals surface area contributed by atoms with Crippen LogP contribution in [0.25, 0.3) is 0 Å². The molecule has 0 aliphatic rings. The largest absolute Gasteiger partial charge is 0.372 e. The van der Waals surface area contributed by atoms with E-state index in [1.165, 1.54) is 17.1 Å². The number of amides is 1. The molecule has 8 heteroatoms. The minimum atomic E-state index is -0.514. The number of nitro groups is 1. The van der Waals surface area contributed by atoms with Crippen LogP contribution in [0.1, 0.15) is 23.1 Å². The zero-order chi connectivity index (χ0) is 20.5. The molecular formula is C21H22N4O4. The number of hydrogen-bond donors (Lipinski definition) is 1. The van der Waals surface area contributed by atoms with E-state index in [1.807, 2.05) is 54.6 Å². The number of nitrogens with zero attached hydrogens (tertiary/aromatic N) is 3. The van der Waals surface area contributed by atoms with Gasteiger partial charge in [-0.05, 0) is 16.7 Å². The van der Waals surface area contributed by atoms with E-state index < -0.39 is 4.92 Å². The summed E-state index contributed by atoms with van der Waals surface area (Å²) in [5.41, 5.74) is 3.03. The fraction of sp³-hybridized carbons (Fsp3) is 0.238. The molecule has 0 radical (unpaired) electrons. The highest BCUT2D eigenvalue weighted by molar-refractivity contribution is 5.75. The molecule has 3 aromatic rings. The highest BCUT2D eigenvalue weighted by Gasteiger charge is 2.10. The predicted octanol–water partition coefficient (Wildman–Crippen LogP) is 3.21. The first kappa shape index (κ1) is 20.2. The Morgan fingerprint density at radius 2 is 1.79 bits per heavy atom. The average molecular weight is 394 g/mol. The number of aryl methyl sites for hydroxylation is 1. The summed E-state index contributed by atoms with van der Waals surface area (Å²) in [6.07, 6.45) is 2.67. The van der Waals surface area contributed by atoms with Crippen LogP contribution in [-0.4, -0.2) is 20.6 Å². The third kappa shape index (κ3) is 6.25. The second-order valence-electron chi connectivity index (χ2n) is 6.49. The van der Waals surface area contributed by atoms with E-state index >= 15 is 0 Å². The van der Waals surface area contributed by atoms with Gasteiger partial charge < -0.3 is 10.1 Å². The molecule has 3 rings (SSSR count). The van der Waals surface area contributed by atoms with E-state index in [9.17, 15) is 14.9 Å². The van der Waals surface area contributed by atoms with Crippen LogP contribution in [0.5, 0.6) is 0 Å². The number of carbonyl (C=O) groups is 1. The van der Waals surface area contributed by atoms with Crippen molar-refractivity contribution in [3.05, 3.63) is 93.8 Å². The molecule has 1 heterocycles. The summed E-state index contributed by atoms with van der Waals surface area (Å²) in [6.45, 7) is 1.65. The first-order chi connectivity index (χ1) is 14.1. The van der Waals surface area contributed by atoms with Gasteiger partial charge in [-0.3, -0.25) is 19.6 Å². The maximum Gasteiger partial charge on any atom is 0.306 e. The summed E-state index contributed by atoms with van der Waals surface area (Å²) in [5, 5.41) is 17.4. The van der Waals surface area contributed by atoms with Gasteiger partial charge in [-0.15, -0.1) is 0 Å². The molecule has 150 valence electrons. The molecule has 0 spiro atoms. The molecule has 0 bridgehead atoms. The summed E-state index contributed by atoms with van der Waals surface area (Å²) in [5.74, 6) is -0.150. The molecular weight excluding hydrogens is 372 g/mol. The first-order valence-corrected chi connectivity index (χ1v) is 9.24. The summed E-state index contributed by atoms with van der Waals surface area (Å²) in [4.78, 5) is 22.3. The summed E-state index contributed by atoms with van der Waals surface area (Å²) < 4.78 is 7.19. The Kier molecular flexibility index (Phi) is 7.07. The number of hydrogen-bond acceptors (Lipinski definition) is 5. The van der Waals surface area contributed by atoms with Crippen molar-refractivity contribution in [1.29, 1.82) is 0 Å². The SMILES string of the molecule is O=C(CCn1cc([N+](=O)[O-])cn1)NCc1ccccc1COCc1ccccc1. The van der Waals surface area contributed by atoms with Crippen LogP contribution in [0.3, 0.4) is 0 Å². The zero-order valence-corrected chi connectivity index (χ0v) is 15.9. The number of nitrogens with one attached hydrogen (secondary N) is 1. The Labute approximate surface area is 168 Å². The Morgan fingerprint density at radius 3 is 2.52 bits per heavy atom. The number of carbonyl (C=O) groups excluding carboxylic acids is 1. The van der Waals surface area contributed by atoms with Gasteiger partial charge in [0.25, 0.3) is 0 Å². The topological polar surface area (TPSA) is 99.3 Å². The second-order valence-corrected chi connectivity index (χ2v) is 6.49. The molecule has 1 aromatic heterocycles. The van der Waals surface area contributed by atoms with E-state index in [0.717, 1.165) is 16.7 Å². The van der Waals surface area contributed by atoms with Crippen molar-refractivity contribution in [2.24, 2.45) is 0 Å². The molecule has 0 fully saturated rings. The lowest BCUT2D eigenvalue weighted by molar-refractivity contribution is -0.385. The van der Waals surface area contributed by atoms with E-state index in [-0.39, 0.29) is 24.6 Å². The van der Waals surface area contributed by atoms with Crippen molar-refractivity contribution in [2.45, 2.75) is 32.7 Å². The van der Waals surface area contributed by atoms with Crippen LogP contribution in [0, 0.1) is 10.1 Å². The Morgan fingerprint density at radius 1 is 1.07 bits per heavy atom. The van der Waals surface area contributed by atoms with Gasteiger partial charge in [-0.2, -0.15) is 5.10 Å². The standard InChI is InChI=1S/C21H22N4O4/c26-21(10-11-24-14-20(13-23-24)25(27)28)22-12-18-8-4-5-9-19(18)16-29-15-17-6-2-1-3-7-17/h1-9,13-14H,10-12,15-16H2,(H,22,26). The van der Waals surface area contributed by atoms with Crippen molar-refractivity contribution >= 4 is 11.6 Å². The molecule has 1 N–H and O–H groups in total. The summed E-state index contributed by atoms with van der Waals surface area (Å²) in [7, 11) is 0. The van der Waals surface area contributed by atoms with E-state index in [2.05, 4.69) is 10.4 Å². The fourth-order valence-electron chi connectivity index (χ4n) is 2.79. The molecule has 0 saturated heterocycles. The van der Waals surface area contributed by atoms with Gasteiger partial charge >= 0.3 is 5.69 Å². The summed E-state index contributed by atoms with van der Waals surface area (Å²) in [6, 6.07) is 17.7. The van der Waals surface area contributed by atoms with Gasteiger partial charge in [-0.1, -0.05) is 54.6 Å². The highest BCUT2D eigenvalue weighted by Crippen LogP contribution is 2.12. The van der Waals surface area contributed by atoms with Crippen LogP contribution in [0.4, 0.5) is 5.69 Å². The van der Waals surface area contributed by atoms with Crippen LogP contribution in [0.2, 0.25) is 0 Å². The van der Waals surface area contributed by atoms with E-state index in [0.29, 0.717) is 19.8 Å². The van der Waals surface area contributed by atoms with E-state index in [1.54, 1.807) is 0 Å². The smallest absolute Gasteiger partial charge is 0.306 e. The van der Waals surface area contributed by atoms with Crippen molar-refractivity contribution in [1.82, 2.24) is 15.1 Å². The van der Waals surface area contributed by atoms with Crippen molar-refractivity contribution in [3.63, 3.8) is 0 Å². The highest BCUT2D eigenvalue weighted by atomic mass is 16.6. The lowest BCUT2D eigenvalue weighted by Gasteiger charge is -2.11. The van der Waals surface area contributed by atoms with Gasteiger partial charge in [-0.25, -0.2) is 0 Å². The van der Waals surface area contributed by atoms with E-state index in [4.69, 9.17) is 4.74 Å². The quantitative estimate of drug-likeness (QED) is 0.420. The van der Waals surface area contributed by atoms with Gasteiger partial charge in [0.2, 0.25) is 5.91 Å². The number of benzene rings is 2.